The van der Waals surface area contributed by atoms with Gasteiger partial charge >= 0.3 is 0 Å². The van der Waals surface area contributed by atoms with Gasteiger partial charge in [-0.25, -0.2) is 4.98 Å². The highest BCUT2D eigenvalue weighted by Gasteiger charge is 2.42. The second kappa shape index (κ2) is 7.79. The number of anilines is 1. The predicted molar refractivity (Wildman–Crippen MR) is 127 cm³/mol. The first-order valence-corrected chi connectivity index (χ1v) is 11.2. The summed E-state index contributed by atoms with van der Waals surface area (Å²) in [6.45, 7) is 4.22. The summed E-state index contributed by atoms with van der Waals surface area (Å²) in [6, 6.07) is 15.1. The zero-order valence-corrected chi connectivity index (χ0v) is 18.7. The van der Waals surface area contributed by atoms with Gasteiger partial charge in [0, 0.05) is 34.8 Å². The highest BCUT2D eigenvalue weighted by molar-refractivity contribution is 7.80. The SMILES string of the molecule is Cc1cc([C@@H]2[C@H](c3ccccn3)NC(=S)N2c2ccc(O)cc2)c(C)n1-c1nccs1. The molecule has 1 aromatic carbocycles. The summed E-state index contributed by atoms with van der Waals surface area (Å²) in [7, 11) is 0. The molecule has 2 N–H and O–H groups in total. The lowest BCUT2D eigenvalue weighted by molar-refractivity contribution is 0.475. The van der Waals surface area contributed by atoms with Crippen LogP contribution in [0.4, 0.5) is 5.69 Å². The molecule has 3 aromatic heterocycles. The molecular weight excluding hydrogens is 426 g/mol. The van der Waals surface area contributed by atoms with Crippen LogP contribution in [-0.4, -0.2) is 24.8 Å². The van der Waals surface area contributed by atoms with E-state index in [1.165, 1.54) is 0 Å². The Hall–Kier alpha value is -3.23. The number of pyridine rings is 1. The summed E-state index contributed by atoms with van der Waals surface area (Å²) in [5, 5.41) is 16.8. The number of rotatable bonds is 4. The zero-order chi connectivity index (χ0) is 21.5. The molecule has 8 heteroatoms. The summed E-state index contributed by atoms with van der Waals surface area (Å²) in [5.41, 5.74) is 5.23. The van der Waals surface area contributed by atoms with Crippen LogP contribution >= 0.6 is 23.6 Å². The van der Waals surface area contributed by atoms with Gasteiger partial charge in [0.2, 0.25) is 0 Å². The molecule has 2 atom stereocenters. The maximum absolute atomic E-state index is 9.78. The first-order valence-electron chi connectivity index (χ1n) is 9.93. The average molecular weight is 448 g/mol. The van der Waals surface area contributed by atoms with E-state index in [1.54, 1.807) is 29.7 Å². The average Bonchev–Trinajstić information content (AvgIpc) is 3.47. The van der Waals surface area contributed by atoms with Crippen molar-refractivity contribution in [3.63, 3.8) is 0 Å². The smallest absolute Gasteiger partial charge is 0.193 e. The number of nitrogens with zero attached hydrogens (tertiary/aromatic N) is 4. The molecule has 0 unspecified atom stereocenters. The molecule has 4 aromatic rings. The van der Waals surface area contributed by atoms with E-state index in [0.29, 0.717) is 5.11 Å². The Balaban J connectivity index is 1.68. The second-order valence-electron chi connectivity index (χ2n) is 7.49. The maximum Gasteiger partial charge on any atom is 0.193 e. The molecule has 156 valence electrons. The topological polar surface area (TPSA) is 66.2 Å². The van der Waals surface area contributed by atoms with Crippen LogP contribution in [0.25, 0.3) is 5.13 Å². The minimum absolute atomic E-state index is 0.105. The molecule has 0 spiro atoms. The van der Waals surface area contributed by atoms with Crippen molar-refractivity contribution in [3.8, 4) is 10.9 Å². The Morgan fingerprint density at radius 3 is 2.55 bits per heavy atom. The lowest BCUT2D eigenvalue weighted by atomic mass is 9.96. The number of hydrogen-bond acceptors (Lipinski definition) is 5. The Morgan fingerprint density at radius 2 is 1.87 bits per heavy atom. The van der Waals surface area contributed by atoms with E-state index in [9.17, 15) is 5.11 Å². The zero-order valence-electron chi connectivity index (χ0n) is 17.1. The standard InChI is InChI=1S/C23H21N5OS2/c1-14-13-18(15(2)27(14)23-25-11-12-31-23)21-20(19-5-3-4-10-24-19)26-22(30)28(21)16-6-8-17(29)9-7-16/h3-13,20-21,29H,1-2H3,(H,26,30)/t20-,21+/m0/s1. The Morgan fingerprint density at radius 1 is 1.06 bits per heavy atom. The molecule has 6 nitrogen and oxygen atoms in total. The van der Waals surface area contributed by atoms with Crippen molar-refractivity contribution in [1.82, 2.24) is 19.9 Å². The Kier molecular flexibility index (Phi) is 4.95. The fourth-order valence-electron chi connectivity index (χ4n) is 4.27. The molecule has 0 amide bonds. The second-order valence-corrected chi connectivity index (χ2v) is 8.75. The van der Waals surface area contributed by atoms with Crippen molar-refractivity contribution >= 4 is 34.4 Å². The summed E-state index contributed by atoms with van der Waals surface area (Å²) in [6.07, 6.45) is 3.63. The number of thiazole rings is 1. The van der Waals surface area contributed by atoms with Gasteiger partial charge in [-0.1, -0.05) is 6.07 Å². The Bertz CT molecular complexity index is 1220. The van der Waals surface area contributed by atoms with Crippen molar-refractivity contribution in [2.24, 2.45) is 0 Å². The van der Waals surface area contributed by atoms with Gasteiger partial charge in [0.25, 0.3) is 0 Å². The third-order valence-corrected chi connectivity index (χ3v) is 6.70. The normalized spacial score (nSPS) is 18.4. The monoisotopic (exact) mass is 447 g/mol. The molecule has 1 saturated heterocycles. The number of phenolic OH excluding ortho intramolecular Hbond substituents is 1. The number of nitrogens with one attached hydrogen (secondary N) is 1. The maximum atomic E-state index is 9.78. The summed E-state index contributed by atoms with van der Waals surface area (Å²) in [4.78, 5) is 11.2. The van der Waals surface area contributed by atoms with Gasteiger partial charge in [-0.15, -0.1) is 11.3 Å². The molecule has 0 saturated carbocycles. The molecule has 0 radical (unpaired) electrons. The largest absolute Gasteiger partial charge is 0.508 e. The lowest BCUT2D eigenvalue weighted by Crippen LogP contribution is -2.29. The molecule has 31 heavy (non-hydrogen) atoms. The van der Waals surface area contributed by atoms with Crippen LogP contribution in [0.5, 0.6) is 5.75 Å². The number of thiocarbonyl (C=S) groups is 1. The van der Waals surface area contributed by atoms with E-state index in [0.717, 1.165) is 33.5 Å². The van der Waals surface area contributed by atoms with Crippen LogP contribution in [0.3, 0.4) is 0 Å². The van der Waals surface area contributed by atoms with Crippen LogP contribution in [0, 0.1) is 13.8 Å². The predicted octanol–water partition coefficient (Wildman–Crippen LogP) is 4.83. The molecular formula is C23H21N5OS2. The molecule has 0 bridgehead atoms. The fraction of sp³-hybridized carbons (Fsp3) is 0.174. The molecule has 0 aliphatic carbocycles. The van der Waals surface area contributed by atoms with Gasteiger partial charge < -0.3 is 15.3 Å². The van der Waals surface area contributed by atoms with Gasteiger partial charge in [-0.3, -0.25) is 9.55 Å². The fourth-order valence-corrected chi connectivity index (χ4v) is 5.37. The highest BCUT2D eigenvalue weighted by Crippen LogP contribution is 2.44. The summed E-state index contributed by atoms with van der Waals surface area (Å²) in [5.74, 6) is 0.224. The van der Waals surface area contributed by atoms with Crippen LogP contribution in [0.2, 0.25) is 0 Å². The first-order chi connectivity index (χ1) is 15.0. The van der Waals surface area contributed by atoms with Crippen LogP contribution in [0.15, 0.2) is 66.3 Å². The van der Waals surface area contributed by atoms with Crippen molar-refractivity contribution < 1.29 is 5.11 Å². The van der Waals surface area contributed by atoms with Crippen molar-refractivity contribution in [2.75, 3.05) is 4.90 Å². The van der Waals surface area contributed by atoms with E-state index in [4.69, 9.17) is 12.2 Å². The van der Waals surface area contributed by atoms with Crippen molar-refractivity contribution in [3.05, 3.63) is 88.9 Å². The van der Waals surface area contributed by atoms with E-state index < -0.39 is 0 Å². The van der Waals surface area contributed by atoms with Gasteiger partial charge in [0.15, 0.2) is 10.2 Å². The number of benzene rings is 1. The minimum atomic E-state index is -0.118. The van der Waals surface area contributed by atoms with Crippen LogP contribution < -0.4 is 10.2 Å². The molecule has 5 rings (SSSR count). The number of hydrogen-bond donors (Lipinski definition) is 2. The first kappa shape index (κ1) is 19.7. The van der Waals surface area contributed by atoms with Crippen molar-refractivity contribution in [1.29, 1.82) is 0 Å². The van der Waals surface area contributed by atoms with E-state index in [-0.39, 0.29) is 17.8 Å². The van der Waals surface area contributed by atoms with Crippen LogP contribution in [-0.2, 0) is 0 Å². The van der Waals surface area contributed by atoms with Gasteiger partial charge in [0.1, 0.15) is 5.75 Å². The number of aryl methyl sites for hydroxylation is 1. The Labute approximate surface area is 189 Å². The van der Waals surface area contributed by atoms with E-state index in [2.05, 4.69) is 44.7 Å². The molecule has 1 aliphatic rings. The number of aromatic hydroxyl groups is 1. The quantitative estimate of drug-likeness (QED) is 0.437. The number of phenols is 1. The molecule has 1 fully saturated rings. The highest BCUT2D eigenvalue weighted by atomic mass is 32.1. The van der Waals surface area contributed by atoms with E-state index >= 15 is 0 Å². The summed E-state index contributed by atoms with van der Waals surface area (Å²) >= 11 is 7.39. The minimum Gasteiger partial charge on any atom is -0.508 e. The van der Waals surface area contributed by atoms with Gasteiger partial charge in [-0.05, 0) is 74.1 Å². The number of aromatic nitrogens is 3. The van der Waals surface area contributed by atoms with E-state index in [1.807, 2.05) is 41.9 Å². The molecule has 1 aliphatic heterocycles. The lowest BCUT2D eigenvalue weighted by Gasteiger charge is -2.28. The third-order valence-electron chi connectivity index (χ3n) is 5.63. The van der Waals surface area contributed by atoms with Gasteiger partial charge in [-0.2, -0.15) is 0 Å². The third kappa shape index (κ3) is 3.37. The van der Waals surface area contributed by atoms with Gasteiger partial charge in [0.05, 0.1) is 17.8 Å². The summed E-state index contributed by atoms with van der Waals surface area (Å²) < 4.78 is 2.19. The van der Waals surface area contributed by atoms with Crippen molar-refractivity contribution in [2.45, 2.75) is 25.9 Å². The van der Waals surface area contributed by atoms with Crippen LogP contribution in [0.1, 0.15) is 34.7 Å². The molecule has 4 heterocycles.